The summed E-state index contributed by atoms with van der Waals surface area (Å²) in [6.07, 6.45) is 0.354. The number of aliphatic hydroxyl groups is 1. The summed E-state index contributed by atoms with van der Waals surface area (Å²) in [5.41, 5.74) is 6.51. The number of nitrogens with one attached hydrogen (secondary N) is 2. The van der Waals surface area contributed by atoms with Crippen molar-refractivity contribution in [1.82, 2.24) is 20.1 Å². The van der Waals surface area contributed by atoms with Gasteiger partial charge >= 0.3 is 0 Å². The van der Waals surface area contributed by atoms with E-state index in [2.05, 4.69) is 32.5 Å². The van der Waals surface area contributed by atoms with Gasteiger partial charge in [0.2, 0.25) is 0 Å². The maximum atomic E-state index is 14.1. The van der Waals surface area contributed by atoms with Crippen LogP contribution in [0.4, 0.5) is 25.3 Å². The van der Waals surface area contributed by atoms with Crippen LogP contribution in [0.15, 0.2) is 24.4 Å². The molecule has 0 amide bonds. The van der Waals surface area contributed by atoms with Crippen LogP contribution in [-0.4, -0.2) is 46.1 Å². The molecular weight excluding hydrogens is 424 g/mol. The highest BCUT2D eigenvalue weighted by atomic mass is 32.1. The third kappa shape index (κ3) is 4.34. The molecule has 3 aromatic rings. The molecule has 1 fully saturated rings. The Labute approximate surface area is 182 Å². The van der Waals surface area contributed by atoms with Crippen molar-refractivity contribution in [3.8, 4) is 10.6 Å². The van der Waals surface area contributed by atoms with Gasteiger partial charge in [-0.2, -0.15) is 5.10 Å². The van der Waals surface area contributed by atoms with Crippen LogP contribution in [0.1, 0.15) is 18.8 Å². The molecule has 166 valence electrons. The van der Waals surface area contributed by atoms with Crippen molar-refractivity contribution < 1.29 is 13.9 Å². The van der Waals surface area contributed by atoms with E-state index >= 15 is 0 Å². The lowest BCUT2D eigenvalue weighted by molar-refractivity contribution is 0.205. The number of aromatic nitrogens is 3. The lowest BCUT2D eigenvalue weighted by atomic mass is 10.2. The SMILES string of the molecule is CC1CNCCN(c2c(NC(O)c3nc(-c4c(F)cccc4F)sc3N)cnn2C)C1. The second-order valence-corrected chi connectivity index (χ2v) is 8.70. The number of rotatable bonds is 5. The first-order valence-corrected chi connectivity index (χ1v) is 10.8. The van der Waals surface area contributed by atoms with E-state index in [-0.39, 0.29) is 21.3 Å². The first-order chi connectivity index (χ1) is 14.8. The van der Waals surface area contributed by atoms with Crippen LogP contribution >= 0.6 is 11.3 Å². The number of anilines is 3. The molecule has 2 aromatic heterocycles. The number of thiazole rings is 1. The fraction of sp³-hybridized carbons (Fsp3) is 0.400. The quantitative estimate of drug-likeness (QED) is 0.444. The van der Waals surface area contributed by atoms with Gasteiger partial charge in [0.15, 0.2) is 6.23 Å². The van der Waals surface area contributed by atoms with Gasteiger partial charge in [-0.15, -0.1) is 0 Å². The lowest BCUT2D eigenvalue weighted by Crippen LogP contribution is -2.31. The maximum absolute atomic E-state index is 14.1. The predicted octanol–water partition coefficient (Wildman–Crippen LogP) is 2.55. The number of nitrogens with two attached hydrogens (primary N) is 1. The van der Waals surface area contributed by atoms with E-state index in [9.17, 15) is 13.9 Å². The molecule has 11 heteroatoms. The van der Waals surface area contributed by atoms with Gasteiger partial charge in [-0.25, -0.2) is 13.8 Å². The van der Waals surface area contributed by atoms with E-state index in [1.807, 2.05) is 7.05 Å². The number of halogens is 2. The maximum Gasteiger partial charge on any atom is 0.171 e. The number of nitrogen functional groups attached to an aromatic ring is 1. The van der Waals surface area contributed by atoms with Crippen LogP contribution < -0.4 is 21.3 Å². The fourth-order valence-electron chi connectivity index (χ4n) is 3.76. The first-order valence-electron chi connectivity index (χ1n) is 9.98. The minimum absolute atomic E-state index is 0.0720. The largest absolute Gasteiger partial charge is 0.389 e. The summed E-state index contributed by atoms with van der Waals surface area (Å²) >= 11 is 0.922. The van der Waals surface area contributed by atoms with E-state index in [4.69, 9.17) is 5.73 Å². The summed E-state index contributed by atoms with van der Waals surface area (Å²) in [5, 5.41) is 21.8. The molecule has 0 bridgehead atoms. The Balaban J connectivity index is 1.60. The summed E-state index contributed by atoms with van der Waals surface area (Å²) in [4.78, 5) is 6.43. The molecule has 1 aliphatic rings. The van der Waals surface area contributed by atoms with Gasteiger partial charge in [0.1, 0.15) is 33.2 Å². The van der Waals surface area contributed by atoms with Crippen molar-refractivity contribution in [3.05, 3.63) is 41.7 Å². The molecule has 4 rings (SSSR count). The summed E-state index contributed by atoms with van der Waals surface area (Å²) in [6.45, 7) is 5.58. The first kappa shape index (κ1) is 21.5. The van der Waals surface area contributed by atoms with Gasteiger partial charge in [0.05, 0.1) is 17.4 Å². The number of hydrogen-bond acceptors (Lipinski definition) is 8. The zero-order chi connectivity index (χ0) is 22.1. The molecule has 2 atom stereocenters. The predicted molar refractivity (Wildman–Crippen MR) is 118 cm³/mol. The van der Waals surface area contributed by atoms with Crippen molar-refractivity contribution >= 4 is 27.8 Å². The number of aliphatic hydroxyl groups excluding tert-OH is 1. The second kappa shape index (κ2) is 8.77. The van der Waals surface area contributed by atoms with Gasteiger partial charge in [-0.05, 0) is 24.6 Å². The van der Waals surface area contributed by atoms with Crippen molar-refractivity contribution in [2.24, 2.45) is 13.0 Å². The van der Waals surface area contributed by atoms with Crippen molar-refractivity contribution in [2.75, 3.05) is 42.1 Å². The average Bonchev–Trinajstić information content (AvgIpc) is 3.18. The molecule has 1 aromatic carbocycles. The topological polar surface area (TPSA) is 104 Å². The molecule has 1 saturated heterocycles. The summed E-state index contributed by atoms with van der Waals surface area (Å²) in [5.74, 6) is -0.186. The molecule has 8 nitrogen and oxygen atoms in total. The Morgan fingerprint density at radius 1 is 1.35 bits per heavy atom. The molecule has 5 N–H and O–H groups in total. The zero-order valence-corrected chi connectivity index (χ0v) is 18.1. The van der Waals surface area contributed by atoms with Gasteiger partial charge in [-0.3, -0.25) is 4.68 Å². The summed E-state index contributed by atoms with van der Waals surface area (Å²) < 4.78 is 30.0. The normalized spacial score (nSPS) is 18.1. The highest BCUT2D eigenvalue weighted by molar-refractivity contribution is 7.18. The molecule has 3 heterocycles. The van der Waals surface area contributed by atoms with Gasteiger partial charge in [0, 0.05) is 26.7 Å². The van der Waals surface area contributed by atoms with Gasteiger partial charge in [0.25, 0.3) is 0 Å². The van der Waals surface area contributed by atoms with Crippen LogP contribution in [0.5, 0.6) is 0 Å². The molecule has 0 aliphatic carbocycles. The Kier molecular flexibility index (Phi) is 6.08. The summed E-state index contributed by atoms with van der Waals surface area (Å²) in [6, 6.07) is 3.60. The molecule has 1 aliphatic heterocycles. The Morgan fingerprint density at radius 2 is 2.10 bits per heavy atom. The smallest absolute Gasteiger partial charge is 0.171 e. The van der Waals surface area contributed by atoms with Crippen LogP contribution in [0.25, 0.3) is 10.6 Å². The van der Waals surface area contributed by atoms with Crippen LogP contribution in [-0.2, 0) is 7.05 Å². The molecular formula is C20H25F2N7OS. The molecule has 0 radical (unpaired) electrons. The monoisotopic (exact) mass is 449 g/mol. The third-order valence-electron chi connectivity index (χ3n) is 5.20. The standard InChI is InChI=1S/C20H25F2N7OS/c1-11-8-24-6-7-29(10-11)20-14(9-25-28(20)2)26-18(30)16-17(23)31-19(27-16)15-12(21)4-3-5-13(15)22/h3-5,9,11,18,24,26,30H,6-8,10,23H2,1-2H3. The number of aryl methyl sites for hydroxylation is 1. The average molecular weight is 450 g/mol. The lowest BCUT2D eigenvalue weighted by Gasteiger charge is -2.26. The van der Waals surface area contributed by atoms with Crippen molar-refractivity contribution in [2.45, 2.75) is 13.2 Å². The summed E-state index contributed by atoms with van der Waals surface area (Å²) in [7, 11) is 1.84. The second-order valence-electron chi connectivity index (χ2n) is 7.67. The number of benzene rings is 1. The van der Waals surface area contributed by atoms with Crippen LogP contribution in [0.2, 0.25) is 0 Å². The van der Waals surface area contributed by atoms with Crippen molar-refractivity contribution in [1.29, 1.82) is 0 Å². The molecule has 31 heavy (non-hydrogen) atoms. The van der Waals surface area contributed by atoms with E-state index in [0.717, 1.165) is 55.5 Å². The molecule has 0 saturated carbocycles. The van der Waals surface area contributed by atoms with E-state index in [1.54, 1.807) is 10.9 Å². The Bertz CT molecular complexity index is 1050. The van der Waals surface area contributed by atoms with Crippen LogP contribution in [0.3, 0.4) is 0 Å². The fourth-order valence-corrected chi connectivity index (χ4v) is 4.67. The highest BCUT2D eigenvalue weighted by Crippen LogP contribution is 2.37. The molecule has 0 spiro atoms. The molecule has 2 unspecified atom stereocenters. The highest BCUT2D eigenvalue weighted by Gasteiger charge is 2.25. The Hall–Kier alpha value is -2.76. The van der Waals surface area contributed by atoms with Crippen molar-refractivity contribution in [3.63, 3.8) is 0 Å². The third-order valence-corrected chi connectivity index (χ3v) is 6.12. The number of nitrogens with zero attached hydrogens (tertiary/aromatic N) is 4. The van der Waals surface area contributed by atoms with E-state index in [0.29, 0.717) is 11.6 Å². The Morgan fingerprint density at radius 3 is 2.84 bits per heavy atom. The van der Waals surface area contributed by atoms with E-state index < -0.39 is 17.9 Å². The van der Waals surface area contributed by atoms with Gasteiger partial charge in [-0.1, -0.05) is 24.3 Å². The number of hydrogen-bond donors (Lipinski definition) is 4. The van der Waals surface area contributed by atoms with Crippen LogP contribution in [0, 0.1) is 17.6 Å². The minimum Gasteiger partial charge on any atom is -0.389 e. The van der Waals surface area contributed by atoms with Gasteiger partial charge < -0.3 is 26.4 Å². The zero-order valence-electron chi connectivity index (χ0n) is 17.3. The minimum atomic E-state index is -1.27. The van der Waals surface area contributed by atoms with E-state index in [1.165, 1.54) is 6.07 Å².